The van der Waals surface area contributed by atoms with Gasteiger partial charge in [0.05, 0.1) is 5.69 Å². The number of hydrogen-bond donors (Lipinski definition) is 2. The van der Waals surface area contributed by atoms with Gasteiger partial charge in [0, 0.05) is 17.6 Å². The molecule has 0 radical (unpaired) electrons. The number of nitrogens with zero attached hydrogens (tertiary/aromatic N) is 1. The molecule has 0 atom stereocenters. The van der Waals surface area contributed by atoms with Gasteiger partial charge in [-0.1, -0.05) is 18.2 Å². The van der Waals surface area contributed by atoms with Gasteiger partial charge in [-0.3, -0.25) is 5.32 Å². The molecule has 0 unspecified atom stereocenters. The Morgan fingerprint density at radius 3 is 2.78 bits per heavy atom. The predicted octanol–water partition coefficient (Wildman–Crippen LogP) is 4.72. The third kappa shape index (κ3) is 4.04. The minimum absolute atomic E-state index is 0.347. The molecular weight excluding hydrogens is 317 g/mol. The van der Waals surface area contributed by atoms with Crippen molar-refractivity contribution in [1.29, 1.82) is 0 Å². The van der Waals surface area contributed by atoms with Gasteiger partial charge in [0.15, 0.2) is 10.9 Å². The second-order valence-electron chi connectivity index (χ2n) is 4.47. The van der Waals surface area contributed by atoms with Crippen LogP contribution in [0.3, 0.4) is 0 Å². The lowest BCUT2D eigenvalue weighted by molar-refractivity contribution is 0.262. The number of amides is 2. The van der Waals surface area contributed by atoms with Crippen molar-refractivity contribution in [3.63, 3.8) is 0 Å². The van der Waals surface area contributed by atoms with Crippen LogP contribution in [0.25, 0.3) is 0 Å². The maximum absolute atomic E-state index is 13.2. The number of benzene rings is 2. The number of carbonyl (C=O) groups is 1. The van der Waals surface area contributed by atoms with E-state index in [-0.39, 0.29) is 0 Å². The predicted molar refractivity (Wildman–Crippen MR) is 87.7 cm³/mol. The van der Waals surface area contributed by atoms with Crippen molar-refractivity contribution in [3.8, 4) is 11.5 Å². The highest BCUT2D eigenvalue weighted by Gasteiger charge is 2.09. The summed E-state index contributed by atoms with van der Waals surface area (Å²) in [6.07, 6.45) is 1.60. The average Bonchev–Trinajstić information content (AvgIpc) is 3.02. The smallest absolute Gasteiger partial charge is 0.325 e. The third-order valence-electron chi connectivity index (χ3n) is 2.81. The summed E-state index contributed by atoms with van der Waals surface area (Å²) < 4.78 is 18.9. The average molecular weight is 329 g/mol. The number of hydrogen-bond acceptors (Lipinski definition) is 4. The molecule has 0 bridgehead atoms. The standard InChI is InChI=1S/C16H12FN3O2S/c17-11-4-3-5-12(10-11)22-14-7-2-1-6-13(14)19-15(21)20-16-18-8-9-23-16/h1-10H,(H2,18,19,20,21). The fourth-order valence-corrected chi connectivity index (χ4v) is 2.38. The summed E-state index contributed by atoms with van der Waals surface area (Å²) in [5.74, 6) is 0.362. The molecule has 1 heterocycles. The summed E-state index contributed by atoms with van der Waals surface area (Å²) in [5, 5.41) is 7.55. The van der Waals surface area contributed by atoms with E-state index in [1.165, 1.54) is 23.5 Å². The summed E-state index contributed by atoms with van der Waals surface area (Å²) in [7, 11) is 0. The molecule has 2 aromatic carbocycles. The second-order valence-corrected chi connectivity index (χ2v) is 5.37. The van der Waals surface area contributed by atoms with Crippen LogP contribution in [0.5, 0.6) is 11.5 Å². The summed E-state index contributed by atoms with van der Waals surface area (Å²) >= 11 is 1.31. The highest BCUT2D eigenvalue weighted by molar-refractivity contribution is 7.13. The van der Waals surface area contributed by atoms with Gasteiger partial charge >= 0.3 is 6.03 Å². The number of aromatic nitrogens is 1. The number of para-hydroxylation sites is 2. The van der Waals surface area contributed by atoms with E-state index < -0.39 is 11.8 Å². The monoisotopic (exact) mass is 329 g/mol. The molecule has 5 nitrogen and oxygen atoms in total. The van der Waals surface area contributed by atoms with E-state index in [0.717, 1.165) is 0 Å². The van der Waals surface area contributed by atoms with E-state index in [4.69, 9.17) is 4.74 Å². The zero-order valence-electron chi connectivity index (χ0n) is 11.8. The van der Waals surface area contributed by atoms with Crippen LogP contribution >= 0.6 is 11.3 Å². The first-order valence-electron chi connectivity index (χ1n) is 6.71. The molecule has 116 valence electrons. The van der Waals surface area contributed by atoms with E-state index >= 15 is 0 Å². The van der Waals surface area contributed by atoms with Crippen molar-refractivity contribution in [1.82, 2.24) is 4.98 Å². The normalized spacial score (nSPS) is 10.1. The zero-order valence-corrected chi connectivity index (χ0v) is 12.6. The van der Waals surface area contributed by atoms with Gasteiger partial charge in [-0.15, -0.1) is 11.3 Å². The molecule has 3 rings (SSSR count). The van der Waals surface area contributed by atoms with Crippen LogP contribution in [0.4, 0.5) is 20.0 Å². The summed E-state index contributed by atoms with van der Waals surface area (Å²) in [6, 6.07) is 12.3. The maximum atomic E-state index is 13.2. The quantitative estimate of drug-likeness (QED) is 0.728. The van der Waals surface area contributed by atoms with Gasteiger partial charge in [-0.05, 0) is 24.3 Å². The Balaban J connectivity index is 1.74. The molecule has 0 saturated heterocycles. The molecule has 2 amide bonds. The Morgan fingerprint density at radius 1 is 1.13 bits per heavy atom. The molecule has 3 aromatic rings. The van der Waals surface area contributed by atoms with Gasteiger partial charge in [0.1, 0.15) is 11.6 Å². The first-order valence-corrected chi connectivity index (χ1v) is 7.58. The SMILES string of the molecule is O=C(Nc1nccs1)Nc1ccccc1Oc1cccc(F)c1. The fourth-order valence-electron chi connectivity index (χ4n) is 1.85. The van der Waals surface area contributed by atoms with E-state index in [2.05, 4.69) is 15.6 Å². The molecule has 23 heavy (non-hydrogen) atoms. The highest BCUT2D eigenvalue weighted by Crippen LogP contribution is 2.29. The molecule has 7 heteroatoms. The molecule has 0 spiro atoms. The minimum Gasteiger partial charge on any atom is -0.455 e. The largest absolute Gasteiger partial charge is 0.455 e. The number of halogens is 1. The highest BCUT2D eigenvalue weighted by atomic mass is 32.1. The molecule has 1 aromatic heterocycles. The van der Waals surface area contributed by atoms with Crippen LogP contribution in [-0.4, -0.2) is 11.0 Å². The lowest BCUT2D eigenvalue weighted by Gasteiger charge is -2.12. The van der Waals surface area contributed by atoms with Crippen LogP contribution in [0.15, 0.2) is 60.1 Å². The first kappa shape index (κ1) is 15.0. The van der Waals surface area contributed by atoms with E-state index in [1.54, 1.807) is 48.0 Å². The molecular formula is C16H12FN3O2S. The molecule has 0 aliphatic carbocycles. The van der Waals surface area contributed by atoms with Crippen LogP contribution in [0.2, 0.25) is 0 Å². The van der Waals surface area contributed by atoms with Crippen molar-refractivity contribution in [2.24, 2.45) is 0 Å². The van der Waals surface area contributed by atoms with Gasteiger partial charge in [-0.25, -0.2) is 14.2 Å². The molecule has 0 aliphatic heterocycles. The number of thiazole rings is 1. The van der Waals surface area contributed by atoms with Crippen LogP contribution < -0.4 is 15.4 Å². The molecule has 0 saturated carbocycles. The summed E-state index contributed by atoms with van der Waals surface area (Å²) in [5.41, 5.74) is 0.464. The maximum Gasteiger partial charge on any atom is 0.325 e. The van der Waals surface area contributed by atoms with E-state index in [1.807, 2.05) is 0 Å². The Bertz CT molecular complexity index is 809. The Morgan fingerprint density at radius 2 is 2.00 bits per heavy atom. The van der Waals surface area contributed by atoms with Crippen molar-refractivity contribution in [2.45, 2.75) is 0 Å². The van der Waals surface area contributed by atoms with Gasteiger partial charge in [-0.2, -0.15) is 0 Å². The van der Waals surface area contributed by atoms with Gasteiger partial charge < -0.3 is 10.1 Å². The van der Waals surface area contributed by atoms with Crippen molar-refractivity contribution in [3.05, 3.63) is 65.9 Å². The van der Waals surface area contributed by atoms with Crippen molar-refractivity contribution in [2.75, 3.05) is 10.6 Å². The lowest BCUT2D eigenvalue weighted by Crippen LogP contribution is -2.19. The Labute approximate surface area is 135 Å². The number of nitrogens with one attached hydrogen (secondary N) is 2. The summed E-state index contributed by atoms with van der Waals surface area (Å²) in [6.45, 7) is 0. The fraction of sp³-hybridized carbons (Fsp3) is 0. The minimum atomic E-state index is -0.435. The number of rotatable bonds is 4. The van der Waals surface area contributed by atoms with Gasteiger partial charge in [0.25, 0.3) is 0 Å². The molecule has 2 N–H and O–H groups in total. The number of carbonyl (C=O) groups excluding carboxylic acids is 1. The Hall–Kier alpha value is -2.93. The first-order chi connectivity index (χ1) is 11.2. The number of anilines is 2. The zero-order chi connectivity index (χ0) is 16.1. The van der Waals surface area contributed by atoms with E-state index in [0.29, 0.717) is 22.3 Å². The van der Waals surface area contributed by atoms with Crippen LogP contribution in [-0.2, 0) is 0 Å². The van der Waals surface area contributed by atoms with E-state index in [9.17, 15) is 9.18 Å². The van der Waals surface area contributed by atoms with Crippen molar-refractivity contribution < 1.29 is 13.9 Å². The molecule has 0 aliphatic rings. The van der Waals surface area contributed by atoms with Gasteiger partial charge in [0.2, 0.25) is 0 Å². The Kier molecular flexibility index (Phi) is 4.49. The second kappa shape index (κ2) is 6.89. The number of ether oxygens (including phenoxy) is 1. The summed E-state index contributed by atoms with van der Waals surface area (Å²) in [4.78, 5) is 15.9. The topological polar surface area (TPSA) is 63.2 Å². The number of urea groups is 1. The van der Waals surface area contributed by atoms with Crippen LogP contribution in [0.1, 0.15) is 0 Å². The van der Waals surface area contributed by atoms with Crippen LogP contribution in [0, 0.1) is 5.82 Å². The van der Waals surface area contributed by atoms with Crippen molar-refractivity contribution >= 4 is 28.2 Å². The molecule has 0 fully saturated rings. The third-order valence-corrected chi connectivity index (χ3v) is 3.50. The lowest BCUT2D eigenvalue weighted by atomic mass is 10.3.